The molecular weight excluding hydrogens is 264 g/mol. The summed E-state index contributed by atoms with van der Waals surface area (Å²) in [6.45, 7) is 5.09. The maximum absolute atomic E-state index is 12.4. The van der Waals surface area contributed by atoms with Crippen LogP contribution in [0.15, 0.2) is 24.7 Å². The number of hydrogen-bond acceptors (Lipinski definition) is 3. The van der Waals surface area contributed by atoms with Crippen molar-refractivity contribution >= 4 is 11.6 Å². The number of anilines is 1. The van der Waals surface area contributed by atoms with Crippen molar-refractivity contribution in [2.75, 3.05) is 5.32 Å². The summed E-state index contributed by atoms with van der Waals surface area (Å²) in [4.78, 5) is 20.9. The van der Waals surface area contributed by atoms with E-state index < -0.39 is 0 Å². The first kappa shape index (κ1) is 13.8. The lowest BCUT2D eigenvalue weighted by Crippen LogP contribution is -2.21. The Morgan fingerprint density at radius 1 is 1.29 bits per heavy atom. The van der Waals surface area contributed by atoms with Gasteiger partial charge in [-0.1, -0.05) is 13.8 Å². The molecule has 21 heavy (non-hydrogen) atoms. The lowest BCUT2D eigenvalue weighted by atomic mass is 10.1. The van der Waals surface area contributed by atoms with Gasteiger partial charge >= 0.3 is 0 Å². The third kappa shape index (κ3) is 2.82. The van der Waals surface area contributed by atoms with Crippen molar-refractivity contribution in [1.82, 2.24) is 14.5 Å². The molecule has 0 unspecified atom stereocenters. The number of rotatable bonds is 3. The Morgan fingerprint density at radius 2 is 2.14 bits per heavy atom. The molecule has 110 valence electrons. The average Bonchev–Trinajstić information content (AvgIpc) is 2.91. The molecule has 0 atom stereocenters. The first-order valence-corrected chi connectivity index (χ1v) is 7.46. The summed E-state index contributed by atoms with van der Waals surface area (Å²) < 4.78 is 2.03. The Labute approximate surface area is 124 Å². The molecule has 0 aliphatic carbocycles. The number of carbonyl (C=O) groups is 1. The highest BCUT2D eigenvalue weighted by Gasteiger charge is 2.19. The molecule has 3 rings (SSSR count). The van der Waals surface area contributed by atoms with Crippen molar-refractivity contribution in [2.24, 2.45) is 0 Å². The number of nitrogens with one attached hydrogen (secondary N) is 1. The fourth-order valence-electron chi connectivity index (χ4n) is 2.65. The van der Waals surface area contributed by atoms with Gasteiger partial charge in [-0.25, -0.2) is 4.98 Å². The van der Waals surface area contributed by atoms with Crippen molar-refractivity contribution in [3.05, 3.63) is 41.7 Å². The number of aromatic nitrogens is 3. The minimum Gasteiger partial charge on any atom is -0.324 e. The number of carbonyl (C=O) groups excluding carboxylic acids is 1. The number of pyridine rings is 1. The second-order valence-corrected chi connectivity index (χ2v) is 5.80. The largest absolute Gasteiger partial charge is 0.324 e. The van der Waals surface area contributed by atoms with Crippen LogP contribution in [-0.2, 0) is 13.0 Å². The quantitative estimate of drug-likeness (QED) is 0.942. The fraction of sp³-hybridized carbons (Fsp3) is 0.438. The molecule has 0 saturated carbocycles. The zero-order valence-corrected chi connectivity index (χ0v) is 12.5. The van der Waals surface area contributed by atoms with E-state index in [1.807, 2.05) is 23.0 Å². The molecular formula is C16H20N4O. The van der Waals surface area contributed by atoms with Crippen molar-refractivity contribution in [3.63, 3.8) is 0 Å². The van der Waals surface area contributed by atoms with Gasteiger partial charge < -0.3 is 9.88 Å². The SMILES string of the molecule is CC(C)c1cncc(NC(=O)c2ncc3n2CCCC3)c1. The van der Waals surface area contributed by atoms with E-state index in [0.717, 1.165) is 36.3 Å². The maximum Gasteiger partial charge on any atom is 0.291 e. The smallest absolute Gasteiger partial charge is 0.291 e. The molecule has 0 spiro atoms. The monoisotopic (exact) mass is 284 g/mol. The molecule has 0 bridgehead atoms. The highest BCUT2D eigenvalue weighted by atomic mass is 16.2. The molecule has 3 heterocycles. The number of amides is 1. The maximum atomic E-state index is 12.4. The Kier molecular flexibility index (Phi) is 3.73. The highest BCUT2D eigenvalue weighted by molar-refractivity contribution is 6.01. The summed E-state index contributed by atoms with van der Waals surface area (Å²) in [6.07, 6.45) is 8.60. The van der Waals surface area contributed by atoms with Gasteiger partial charge in [-0.15, -0.1) is 0 Å². The van der Waals surface area contributed by atoms with Crippen molar-refractivity contribution < 1.29 is 4.79 Å². The summed E-state index contributed by atoms with van der Waals surface area (Å²) >= 11 is 0. The molecule has 1 amide bonds. The van der Waals surface area contributed by atoms with E-state index in [9.17, 15) is 4.79 Å². The number of imidazole rings is 1. The van der Waals surface area contributed by atoms with Gasteiger partial charge in [0.2, 0.25) is 0 Å². The van der Waals surface area contributed by atoms with Crippen LogP contribution in [0.3, 0.4) is 0 Å². The van der Waals surface area contributed by atoms with Gasteiger partial charge in [0.25, 0.3) is 5.91 Å². The standard InChI is InChI=1S/C16H20N4O/c1-11(2)12-7-13(9-17-8-12)19-16(21)15-18-10-14-5-3-4-6-20(14)15/h7-11H,3-6H2,1-2H3,(H,19,21). The highest BCUT2D eigenvalue weighted by Crippen LogP contribution is 2.19. The predicted octanol–water partition coefficient (Wildman–Crippen LogP) is 2.99. The van der Waals surface area contributed by atoms with Gasteiger partial charge in [0, 0.05) is 24.6 Å². The predicted molar refractivity (Wildman–Crippen MR) is 81.4 cm³/mol. The van der Waals surface area contributed by atoms with Gasteiger partial charge in [-0.05, 0) is 36.8 Å². The molecule has 0 saturated heterocycles. The summed E-state index contributed by atoms with van der Waals surface area (Å²) in [5.41, 5.74) is 2.98. The molecule has 5 heteroatoms. The second-order valence-electron chi connectivity index (χ2n) is 5.80. The van der Waals surface area contributed by atoms with E-state index in [1.54, 1.807) is 6.20 Å². The lowest BCUT2D eigenvalue weighted by molar-refractivity contribution is 0.101. The third-order valence-corrected chi connectivity index (χ3v) is 3.89. The van der Waals surface area contributed by atoms with Crippen LogP contribution in [0.2, 0.25) is 0 Å². The second kappa shape index (κ2) is 5.68. The summed E-state index contributed by atoms with van der Waals surface area (Å²) in [5.74, 6) is 0.721. The molecule has 2 aromatic rings. The van der Waals surface area contributed by atoms with Crippen LogP contribution in [0.4, 0.5) is 5.69 Å². The first-order chi connectivity index (χ1) is 10.1. The number of fused-ring (bicyclic) bond motifs is 1. The summed E-state index contributed by atoms with van der Waals surface area (Å²) in [6, 6.07) is 1.97. The molecule has 1 aliphatic heterocycles. The van der Waals surface area contributed by atoms with Crippen molar-refractivity contribution in [2.45, 2.75) is 45.6 Å². The normalized spacial score (nSPS) is 14.0. The van der Waals surface area contributed by atoms with Crippen LogP contribution in [0.25, 0.3) is 0 Å². The average molecular weight is 284 g/mol. The first-order valence-electron chi connectivity index (χ1n) is 7.46. The third-order valence-electron chi connectivity index (χ3n) is 3.89. The summed E-state index contributed by atoms with van der Waals surface area (Å²) in [7, 11) is 0. The van der Waals surface area contributed by atoms with Crippen LogP contribution in [0, 0.1) is 0 Å². The van der Waals surface area contributed by atoms with Gasteiger partial charge in [-0.2, -0.15) is 0 Å². The van der Waals surface area contributed by atoms with Gasteiger partial charge in [0.15, 0.2) is 5.82 Å². The van der Waals surface area contributed by atoms with E-state index in [4.69, 9.17) is 0 Å². The van der Waals surface area contributed by atoms with E-state index in [-0.39, 0.29) is 5.91 Å². The zero-order valence-electron chi connectivity index (χ0n) is 12.5. The van der Waals surface area contributed by atoms with Crippen LogP contribution in [-0.4, -0.2) is 20.4 Å². The minimum atomic E-state index is -0.161. The minimum absolute atomic E-state index is 0.161. The number of nitrogens with zero attached hydrogens (tertiary/aromatic N) is 3. The van der Waals surface area contributed by atoms with Gasteiger partial charge in [0.1, 0.15) is 0 Å². The Balaban J connectivity index is 1.80. The van der Waals surface area contributed by atoms with Crippen molar-refractivity contribution in [3.8, 4) is 0 Å². The van der Waals surface area contributed by atoms with E-state index in [2.05, 4.69) is 29.1 Å². The van der Waals surface area contributed by atoms with E-state index in [0.29, 0.717) is 11.7 Å². The zero-order chi connectivity index (χ0) is 14.8. The topological polar surface area (TPSA) is 59.8 Å². The molecule has 0 aromatic carbocycles. The number of hydrogen-bond donors (Lipinski definition) is 1. The van der Waals surface area contributed by atoms with E-state index >= 15 is 0 Å². The molecule has 1 aliphatic rings. The van der Waals surface area contributed by atoms with Crippen LogP contribution < -0.4 is 5.32 Å². The van der Waals surface area contributed by atoms with Gasteiger partial charge in [-0.3, -0.25) is 9.78 Å². The Morgan fingerprint density at radius 3 is 2.95 bits per heavy atom. The molecule has 1 N–H and O–H groups in total. The Hall–Kier alpha value is -2.17. The molecule has 5 nitrogen and oxygen atoms in total. The lowest BCUT2D eigenvalue weighted by Gasteiger charge is -2.16. The summed E-state index contributed by atoms with van der Waals surface area (Å²) in [5, 5.41) is 2.90. The van der Waals surface area contributed by atoms with E-state index in [1.165, 1.54) is 6.42 Å². The van der Waals surface area contributed by atoms with Crippen LogP contribution >= 0.6 is 0 Å². The molecule has 0 radical (unpaired) electrons. The molecule has 2 aromatic heterocycles. The van der Waals surface area contributed by atoms with Crippen molar-refractivity contribution in [1.29, 1.82) is 0 Å². The van der Waals surface area contributed by atoms with Gasteiger partial charge in [0.05, 0.1) is 11.9 Å². The van der Waals surface area contributed by atoms with Crippen LogP contribution in [0.5, 0.6) is 0 Å². The fourth-order valence-corrected chi connectivity index (χ4v) is 2.65. The molecule has 0 fully saturated rings. The number of aryl methyl sites for hydroxylation is 1. The Bertz CT molecular complexity index is 660. The van der Waals surface area contributed by atoms with Crippen LogP contribution in [0.1, 0.15) is 54.5 Å².